The number of aliphatic carboxylic acids is 1. The molecule has 120 valence electrons. The standard InChI is InChI=1S/C12H17F3N2O4/c1-21-8-4-9(10(18)19)16(5-8)11(20)17(7-2-3-7)6-12(13,14)15/h7-9H,2-6H2,1H3,(H,18,19). The Balaban J connectivity index is 2.13. The van der Waals surface area contributed by atoms with Gasteiger partial charge >= 0.3 is 18.2 Å². The zero-order valence-corrected chi connectivity index (χ0v) is 11.5. The molecule has 1 saturated heterocycles. The van der Waals surface area contributed by atoms with Crippen LogP contribution in [-0.2, 0) is 9.53 Å². The molecule has 1 heterocycles. The monoisotopic (exact) mass is 310 g/mol. The van der Waals surface area contributed by atoms with Crippen molar-refractivity contribution in [2.24, 2.45) is 0 Å². The first-order valence-electron chi connectivity index (χ1n) is 6.62. The predicted octanol–water partition coefficient (Wildman–Crippen LogP) is 1.31. The fourth-order valence-corrected chi connectivity index (χ4v) is 2.51. The van der Waals surface area contributed by atoms with Gasteiger partial charge in [-0.3, -0.25) is 0 Å². The number of hydrogen-bond donors (Lipinski definition) is 1. The van der Waals surface area contributed by atoms with Gasteiger partial charge in [0.1, 0.15) is 12.6 Å². The van der Waals surface area contributed by atoms with E-state index in [0.717, 1.165) is 9.80 Å². The molecule has 0 radical (unpaired) electrons. The van der Waals surface area contributed by atoms with Crippen molar-refractivity contribution in [1.82, 2.24) is 9.80 Å². The predicted molar refractivity (Wildman–Crippen MR) is 64.7 cm³/mol. The van der Waals surface area contributed by atoms with Crippen molar-refractivity contribution >= 4 is 12.0 Å². The summed E-state index contributed by atoms with van der Waals surface area (Å²) in [5, 5.41) is 9.12. The number of nitrogens with zero attached hydrogens (tertiary/aromatic N) is 2. The Kier molecular flexibility index (Phi) is 4.31. The molecule has 0 aromatic carbocycles. The van der Waals surface area contributed by atoms with Crippen LogP contribution in [0, 0.1) is 0 Å². The Bertz CT molecular complexity index is 425. The van der Waals surface area contributed by atoms with Crippen LogP contribution in [0.2, 0.25) is 0 Å². The van der Waals surface area contributed by atoms with Gasteiger partial charge in [0.15, 0.2) is 0 Å². The van der Waals surface area contributed by atoms with Crippen LogP contribution >= 0.6 is 0 Å². The smallest absolute Gasteiger partial charge is 0.406 e. The topological polar surface area (TPSA) is 70.1 Å². The number of likely N-dealkylation sites (tertiary alicyclic amines) is 1. The average Bonchev–Trinajstić information content (AvgIpc) is 3.12. The molecule has 0 aromatic heterocycles. The van der Waals surface area contributed by atoms with Crippen molar-refractivity contribution in [3.05, 3.63) is 0 Å². The molecule has 1 saturated carbocycles. The van der Waals surface area contributed by atoms with E-state index in [4.69, 9.17) is 9.84 Å². The summed E-state index contributed by atoms with van der Waals surface area (Å²) in [6.07, 6.45) is -3.86. The minimum absolute atomic E-state index is 0.00657. The van der Waals surface area contributed by atoms with Crippen LogP contribution < -0.4 is 0 Å². The molecule has 1 aliphatic carbocycles. The maximum atomic E-state index is 12.6. The van der Waals surface area contributed by atoms with Crippen molar-refractivity contribution in [3.8, 4) is 0 Å². The van der Waals surface area contributed by atoms with E-state index in [9.17, 15) is 22.8 Å². The molecule has 2 rings (SSSR count). The van der Waals surface area contributed by atoms with Gasteiger partial charge in [-0.15, -0.1) is 0 Å². The highest BCUT2D eigenvalue weighted by molar-refractivity contribution is 5.84. The number of amides is 2. The first-order chi connectivity index (χ1) is 9.73. The zero-order chi connectivity index (χ0) is 15.8. The quantitative estimate of drug-likeness (QED) is 0.850. The number of carbonyl (C=O) groups excluding carboxylic acids is 1. The largest absolute Gasteiger partial charge is 0.480 e. The minimum Gasteiger partial charge on any atom is -0.480 e. The van der Waals surface area contributed by atoms with Crippen LogP contribution in [0.4, 0.5) is 18.0 Å². The molecule has 2 amide bonds. The fourth-order valence-electron chi connectivity index (χ4n) is 2.51. The van der Waals surface area contributed by atoms with Crippen LogP contribution in [0.1, 0.15) is 19.3 Å². The van der Waals surface area contributed by atoms with Gasteiger partial charge in [-0.1, -0.05) is 0 Å². The van der Waals surface area contributed by atoms with Gasteiger partial charge in [-0.2, -0.15) is 13.2 Å². The van der Waals surface area contributed by atoms with Gasteiger partial charge in [0.05, 0.1) is 6.10 Å². The second kappa shape index (κ2) is 5.70. The van der Waals surface area contributed by atoms with Gasteiger partial charge in [-0.25, -0.2) is 9.59 Å². The summed E-state index contributed by atoms with van der Waals surface area (Å²) >= 11 is 0. The summed E-state index contributed by atoms with van der Waals surface area (Å²) in [5.41, 5.74) is 0. The molecular formula is C12H17F3N2O4. The molecule has 21 heavy (non-hydrogen) atoms. The highest BCUT2D eigenvalue weighted by Crippen LogP contribution is 2.33. The lowest BCUT2D eigenvalue weighted by Gasteiger charge is -2.30. The number of carboxylic acid groups (broad SMARTS) is 1. The van der Waals surface area contributed by atoms with Crippen molar-refractivity contribution in [2.45, 2.75) is 43.6 Å². The van der Waals surface area contributed by atoms with Gasteiger partial charge < -0.3 is 19.6 Å². The lowest BCUT2D eigenvalue weighted by atomic mass is 10.2. The summed E-state index contributed by atoms with van der Waals surface area (Å²) < 4.78 is 42.8. The van der Waals surface area contributed by atoms with Crippen LogP contribution in [0.15, 0.2) is 0 Å². The molecule has 2 aliphatic rings. The van der Waals surface area contributed by atoms with Crippen LogP contribution in [0.5, 0.6) is 0 Å². The summed E-state index contributed by atoms with van der Waals surface area (Å²) in [6.45, 7) is -1.36. The maximum Gasteiger partial charge on any atom is 0.406 e. The highest BCUT2D eigenvalue weighted by atomic mass is 19.4. The van der Waals surface area contributed by atoms with Crippen molar-refractivity contribution in [3.63, 3.8) is 0 Å². The second-order valence-electron chi connectivity index (χ2n) is 5.36. The number of rotatable bonds is 4. The third-order valence-corrected chi connectivity index (χ3v) is 3.71. The molecule has 2 fully saturated rings. The van der Waals surface area contributed by atoms with Gasteiger partial charge in [0.25, 0.3) is 0 Å². The zero-order valence-electron chi connectivity index (χ0n) is 11.5. The maximum absolute atomic E-state index is 12.6. The van der Waals surface area contributed by atoms with Gasteiger partial charge in [-0.05, 0) is 12.8 Å². The lowest BCUT2D eigenvalue weighted by Crippen LogP contribution is -2.51. The molecule has 9 heteroatoms. The Morgan fingerprint density at radius 3 is 2.43 bits per heavy atom. The number of urea groups is 1. The van der Waals surface area contributed by atoms with Gasteiger partial charge in [0, 0.05) is 26.1 Å². The summed E-state index contributed by atoms with van der Waals surface area (Å²) in [7, 11) is 1.38. The SMILES string of the molecule is COC1CC(C(=O)O)N(C(=O)N(CC(F)(F)F)C2CC2)C1. The van der Waals surface area contributed by atoms with Crippen molar-refractivity contribution in [1.29, 1.82) is 0 Å². The fraction of sp³-hybridized carbons (Fsp3) is 0.833. The average molecular weight is 310 g/mol. The second-order valence-corrected chi connectivity index (χ2v) is 5.36. The molecular weight excluding hydrogens is 293 g/mol. The van der Waals surface area contributed by atoms with E-state index in [2.05, 4.69) is 0 Å². The number of methoxy groups -OCH3 is 1. The summed E-state index contributed by atoms with van der Waals surface area (Å²) in [4.78, 5) is 25.2. The van der Waals surface area contributed by atoms with E-state index in [1.807, 2.05) is 0 Å². The van der Waals surface area contributed by atoms with Crippen LogP contribution in [0.3, 0.4) is 0 Å². The highest BCUT2D eigenvalue weighted by Gasteiger charge is 2.47. The number of carbonyl (C=O) groups is 2. The van der Waals surface area contributed by atoms with E-state index in [0.29, 0.717) is 12.8 Å². The molecule has 0 aromatic rings. The molecule has 1 N–H and O–H groups in total. The number of ether oxygens (including phenoxy) is 1. The normalized spacial score (nSPS) is 26.0. The molecule has 6 nitrogen and oxygen atoms in total. The van der Waals surface area contributed by atoms with E-state index in [-0.39, 0.29) is 13.0 Å². The molecule has 2 unspecified atom stereocenters. The Morgan fingerprint density at radius 2 is 2.00 bits per heavy atom. The van der Waals surface area contributed by atoms with Crippen molar-refractivity contribution < 1.29 is 32.6 Å². The first-order valence-corrected chi connectivity index (χ1v) is 6.62. The van der Waals surface area contributed by atoms with Crippen molar-refractivity contribution in [2.75, 3.05) is 20.2 Å². The number of alkyl halides is 3. The van der Waals surface area contributed by atoms with Crippen LogP contribution in [0.25, 0.3) is 0 Å². The summed E-state index contributed by atoms with van der Waals surface area (Å²) in [5.74, 6) is -1.23. The van der Waals surface area contributed by atoms with Gasteiger partial charge in [0.2, 0.25) is 0 Å². The minimum atomic E-state index is -4.50. The van der Waals surface area contributed by atoms with E-state index in [1.54, 1.807) is 0 Å². The first kappa shape index (κ1) is 15.9. The Morgan fingerprint density at radius 1 is 1.38 bits per heavy atom. The van der Waals surface area contributed by atoms with E-state index >= 15 is 0 Å². The Labute approximate surface area is 119 Å². The number of halogens is 3. The number of hydrogen-bond acceptors (Lipinski definition) is 3. The van der Waals surface area contributed by atoms with E-state index in [1.165, 1.54) is 7.11 Å². The summed E-state index contributed by atoms with van der Waals surface area (Å²) in [6, 6.07) is -2.46. The van der Waals surface area contributed by atoms with E-state index < -0.39 is 42.9 Å². The molecule has 0 bridgehead atoms. The molecule has 0 spiro atoms. The van der Waals surface area contributed by atoms with Crippen LogP contribution in [-0.4, -0.2) is 71.5 Å². The molecule has 2 atom stereocenters. The molecule has 1 aliphatic heterocycles. The third-order valence-electron chi connectivity index (χ3n) is 3.71. The lowest BCUT2D eigenvalue weighted by molar-refractivity contribution is -0.144. The number of carboxylic acids is 1. The third kappa shape index (κ3) is 3.78. The Hall–Kier alpha value is -1.51.